The molecule has 0 N–H and O–H groups in total. The van der Waals surface area contributed by atoms with Crippen LogP contribution in [0, 0.1) is 0 Å². The SMILES string of the molecule is c1ccc(COc2cc3ccccc3cn2)nc1. The zero-order valence-electron chi connectivity index (χ0n) is 9.78. The second-order valence-corrected chi connectivity index (χ2v) is 3.98. The standard InChI is InChI=1S/C15H12N2O/c1-2-6-13-10-17-15(9-12(13)5-1)18-11-14-7-3-4-8-16-14/h1-10H,11H2. The van der Waals surface area contributed by atoms with E-state index in [4.69, 9.17) is 4.74 Å². The highest BCUT2D eigenvalue weighted by Crippen LogP contribution is 2.18. The van der Waals surface area contributed by atoms with Gasteiger partial charge in [-0.2, -0.15) is 0 Å². The van der Waals surface area contributed by atoms with Gasteiger partial charge in [0.15, 0.2) is 0 Å². The van der Waals surface area contributed by atoms with Crippen molar-refractivity contribution in [1.29, 1.82) is 0 Å². The summed E-state index contributed by atoms with van der Waals surface area (Å²) in [5.74, 6) is 0.624. The maximum Gasteiger partial charge on any atom is 0.214 e. The predicted molar refractivity (Wildman–Crippen MR) is 70.3 cm³/mol. The van der Waals surface area contributed by atoms with Gasteiger partial charge in [-0.25, -0.2) is 4.98 Å². The largest absolute Gasteiger partial charge is 0.471 e. The first-order valence-corrected chi connectivity index (χ1v) is 5.79. The summed E-state index contributed by atoms with van der Waals surface area (Å²) in [6, 6.07) is 15.8. The Balaban J connectivity index is 1.79. The fourth-order valence-corrected chi connectivity index (χ4v) is 1.77. The molecule has 0 saturated carbocycles. The van der Waals surface area contributed by atoms with E-state index >= 15 is 0 Å². The first-order valence-electron chi connectivity index (χ1n) is 5.79. The number of hydrogen-bond donors (Lipinski definition) is 0. The number of fused-ring (bicyclic) bond motifs is 1. The molecule has 0 radical (unpaired) electrons. The van der Waals surface area contributed by atoms with Gasteiger partial charge in [0.25, 0.3) is 0 Å². The van der Waals surface area contributed by atoms with Crippen LogP contribution in [0.15, 0.2) is 60.9 Å². The molecule has 2 heterocycles. The van der Waals surface area contributed by atoms with E-state index < -0.39 is 0 Å². The van der Waals surface area contributed by atoms with E-state index in [9.17, 15) is 0 Å². The van der Waals surface area contributed by atoms with Crippen LogP contribution in [0.25, 0.3) is 10.8 Å². The van der Waals surface area contributed by atoms with Crippen molar-refractivity contribution < 1.29 is 4.74 Å². The maximum atomic E-state index is 5.63. The molecule has 0 fully saturated rings. The van der Waals surface area contributed by atoms with Crippen LogP contribution in [0.3, 0.4) is 0 Å². The van der Waals surface area contributed by atoms with Gasteiger partial charge >= 0.3 is 0 Å². The summed E-state index contributed by atoms with van der Waals surface area (Å²) >= 11 is 0. The maximum absolute atomic E-state index is 5.63. The van der Waals surface area contributed by atoms with E-state index in [1.54, 1.807) is 6.20 Å². The third-order valence-corrected chi connectivity index (χ3v) is 2.70. The van der Waals surface area contributed by atoms with Crippen LogP contribution >= 0.6 is 0 Å². The first-order chi connectivity index (χ1) is 8.92. The molecule has 0 saturated heterocycles. The van der Waals surface area contributed by atoms with Crippen molar-refractivity contribution in [1.82, 2.24) is 9.97 Å². The molecule has 3 rings (SSSR count). The molecule has 88 valence electrons. The summed E-state index contributed by atoms with van der Waals surface area (Å²) < 4.78 is 5.63. The van der Waals surface area contributed by atoms with Crippen molar-refractivity contribution in [3.63, 3.8) is 0 Å². The number of pyridine rings is 2. The molecule has 3 aromatic rings. The number of aromatic nitrogens is 2. The van der Waals surface area contributed by atoms with Crippen LogP contribution in [0.4, 0.5) is 0 Å². The Morgan fingerprint density at radius 3 is 2.56 bits per heavy atom. The molecule has 3 nitrogen and oxygen atoms in total. The predicted octanol–water partition coefficient (Wildman–Crippen LogP) is 3.21. The quantitative estimate of drug-likeness (QED) is 0.700. The molecule has 0 spiro atoms. The van der Waals surface area contributed by atoms with Crippen molar-refractivity contribution in [3.05, 3.63) is 66.6 Å². The first kappa shape index (κ1) is 10.7. The van der Waals surface area contributed by atoms with Gasteiger partial charge in [-0.15, -0.1) is 0 Å². The minimum absolute atomic E-state index is 0.437. The second kappa shape index (κ2) is 4.84. The smallest absolute Gasteiger partial charge is 0.214 e. The van der Waals surface area contributed by atoms with E-state index in [1.807, 2.05) is 54.7 Å². The lowest BCUT2D eigenvalue weighted by Gasteiger charge is -2.05. The molecule has 0 aliphatic heterocycles. The van der Waals surface area contributed by atoms with Crippen LogP contribution in [0.2, 0.25) is 0 Å². The molecular weight excluding hydrogens is 224 g/mol. The van der Waals surface area contributed by atoms with Crippen molar-refractivity contribution in [2.75, 3.05) is 0 Å². The molecule has 0 atom stereocenters. The van der Waals surface area contributed by atoms with Gasteiger partial charge in [-0.3, -0.25) is 4.98 Å². The summed E-state index contributed by atoms with van der Waals surface area (Å²) in [7, 11) is 0. The van der Waals surface area contributed by atoms with E-state index in [-0.39, 0.29) is 0 Å². The summed E-state index contributed by atoms with van der Waals surface area (Å²) in [6.45, 7) is 0.437. The summed E-state index contributed by atoms with van der Waals surface area (Å²) in [4.78, 5) is 8.48. The Bertz CT molecular complexity index is 653. The molecule has 1 aromatic carbocycles. The third-order valence-electron chi connectivity index (χ3n) is 2.70. The highest BCUT2D eigenvalue weighted by molar-refractivity contribution is 5.82. The third kappa shape index (κ3) is 2.30. The highest BCUT2D eigenvalue weighted by Gasteiger charge is 1.99. The summed E-state index contributed by atoms with van der Waals surface area (Å²) in [5.41, 5.74) is 0.896. The van der Waals surface area contributed by atoms with E-state index in [0.29, 0.717) is 12.5 Å². The Hall–Kier alpha value is -2.42. The molecule has 0 aliphatic rings. The average Bonchev–Trinajstić information content (AvgIpc) is 2.46. The van der Waals surface area contributed by atoms with E-state index in [2.05, 4.69) is 9.97 Å². The van der Waals surface area contributed by atoms with Gasteiger partial charge in [0.2, 0.25) is 5.88 Å². The van der Waals surface area contributed by atoms with Crippen LogP contribution in [0.5, 0.6) is 5.88 Å². The summed E-state index contributed by atoms with van der Waals surface area (Å²) in [6.07, 6.45) is 3.58. The lowest BCUT2D eigenvalue weighted by molar-refractivity contribution is 0.290. The van der Waals surface area contributed by atoms with Crippen molar-refractivity contribution in [3.8, 4) is 5.88 Å². The lowest BCUT2D eigenvalue weighted by Crippen LogP contribution is -1.98. The summed E-state index contributed by atoms with van der Waals surface area (Å²) in [5, 5.41) is 2.24. The minimum Gasteiger partial charge on any atom is -0.471 e. The molecule has 2 aromatic heterocycles. The van der Waals surface area contributed by atoms with Gasteiger partial charge in [-0.1, -0.05) is 30.3 Å². The molecule has 0 amide bonds. The van der Waals surface area contributed by atoms with E-state index in [0.717, 1.165) is 16.5 Å². The zero-order valence-corrected chi connectivity index (χ0v) is 9.78. The van der Waals surface area contributed by atoms with Crippen molar-refractivity contribution >= 4 is 10.8 Å². The number of ether oxygens (including phenoxy) is 1. The van der Waals surface area contributed by atoms with Gasteiger partial charge < -0.3 is 4.74 Å². The average molecular weight is 236 g/mol. The van der Waals surface area contributed by atoms with Gasteiger partial charge in [-0.05, 0) is 17.5 Å². The minimum atomic E-state index is 0.437. The van der Waals surface area contributed by atoms with Gasteiger partial charge in [0.1, 0.15) is 6.61 Å². The molecular formula is C15H12N2O. The Labute approximate surface area is 105 Å². The fourth-order valence-electron chi connectivity index (χ4n) is 1.77. The fraction of sp³-hybridized carbons (Fsp3) is 0.0667. The number of benzene rings is 1. The molecule has 3 heteroatoms. The van der Waals surface area contributed by atoms with E-state index in [1.165, 1.54) is 0 Å². The van der Waals surface area contributed by atoms with Crippen molar-refractivity contribution in [2.24, 2.45) is 0 Å². The Morgan fingerprint density at radius 2 is 1.72 bits per heavy atom. The number of rotatable bonds is 3. The molecule has 0 aliphatic carbocycles. The Kier molecular flexibility index (Phi) is 2.88. The van der Waals surface area contributed by atoms with Crippen molar-refractivity contribution in [2.45, 2.75) is 6.61 Å². The van der Waals surface area contributed by atoms with Crippen LogP contribution in [0.1, 0.15) is 5.69 Å². The van der Waals surface area contributed by atoms with Gasteiger partial charge in [0, 0.05) is 23.8 Å². The van der Waals surface area contributed by atoms with Gasteiger partial charge in [0.05, 0.1) is 5.69 Å². The highest BCUT2D eigenvalue weighted by atomic mass is 16.5. The normalized spacial score (nSPS) is 10.4. The molecule has 0 unspecified atom stereocenters. The topological polar surface area (TPSA) is 35.0 Å². The second-order valence-electron chi connectivity index (χ2n) is 3.98. The lowest BCUT2D eigenvalue weighted by atomic mass is 10.2. The Morgan fingerprint density at radius 1 is 0.889 bits per heavy atom. The van der Waals surface area contributed by atoms with Crippen LogP contribution in [-0.2, 0) is 6.61 Å². The molecule has 0 bridgehead atoms. The zero-order chi connectivity index (χ0) is 12.2. The van der Waals surface area contributed by atoms with Crippen LogP contribution in [-0.4, -0.2) is 9.97 Å². The number of hydrogen-bond acceptors (Lipinski definition) is 3. The number of nitrogens with zero attached hydrogens (tertiary/aromatic N) is 2. The van der Waals surface area contributed by atoms with Crippen LogP contribution < -0.4 is 4.74 Å². The molecule has 18 heavy (non-hydrogen) atoms. The monoisotopic (exact) mass is 236 g/mol.